The van der Waals surface area contributed by atoms with Crippen molar-refractivity contribution >= 4 is 34.6 Å². The van der Waals surface area contributed by atoms with Crippen molar-refractivity contribution in [1.29, 1.82) is 0 Å². The summed E-state index contributed by atoms with van der Waals surface area (Å²) in [4.78, 5) is 10.0. The average Bonchev–Trinajstić information content (AvgIpc) is 2.87. The molecule has 1 saturated carbocycles. The lowest BCUT2D eigenvalue weighted by atomic mass is 10.2. The molecule has 0 amide bonds. The number of benzene rings is 1. The van der Waals surface area contributed by atoms with Crippen LogP contribution in [-0.4, -0.2) is 17.0 Å². The van der Waals surface area contributed by atoms with Crippen LogP contribution in [0.1, 0.15) is 6.42 Å². The van der Waals surface area contributed by atoms with Gasteiger partial charge in [0.2, 0.25) is 0 Å². The average molecular weight is 262 g/mol. The van der Waals surface area contributed by atoms with Crippen LogP contribution >= 0.6 is 23.2 Å². The highest BCUT2D eigenvalue weighted by molar-refractivity contribution is 6.39. The molecule has 0 spiro atoms. The summed E-state index contributed by atoms with van der Waals surface area (Å²) in [6.07, 6.45) is 0.851. The molecule has 5 nitrogen and oxygen atoms in total. The quantitative estimate of drug-likeness (QED) is 0.647. The Morgan fingerprint density at radius 1 is 1.44 bits per heavy atom. The van der Waals surface area contributed by atoms with Crippen molar-refractivity contribution in [2.24, 2.45) is 5.73 Å². The Balaban J connectivity index is 2.28. The fourth-order valence-electron chi connectivity index (χ4n) is 1.37. The van der Waals surface area contributed by atoms with E-state index >= 15 is 0 Å². The van der Waals surface area contributed by atoms with Crippen LogP contribution in [-0.2, 0) is 0 Å². The Kier molecular flexibility index (Phi) is 2.92. The van der Waals surface area contributed by atoms with Gasteiger partial charge >= 0.3 is 0 Å². The molecule has 0 aliphatic heterocycles. The first-order chi connectivity index (χ1) is 7.49. The van der Waals surface area contributed by atoms with Gasteiger partial charge in [0, 0.05) is 24.2 Å². The van der Waals surface area contributed by atoms with Gasteiger partial charge in [0.1, 0.15) is 0 Å². The predicted octanol–water partition coefficient (Wildman–Crippen LogP) is 2.41. The zero-order valence-electron chi connectivity index (χ0n) is 8.11. The number of nitrogens with one attached hydrogen (secondary N) is 1. The normalized spacial score (nSPS) is 22.9. The summed E-state index contributed by atoms with van der Waals surface area (Å²) < 4.78 is 0. The number of halogens is 2. The number of nitrogens with two attached hydrogens (primary N) is 1. The largest absolute Gasteiger partial charge is 0.378 e. The van der Waals surface area contributed by atoms with Crippen LogP contribution in [0.5, 0.6) is 0 Å². The third-order valence-corrected chi connectivity index (χ3v) is 3.00. The molecule has 0 radical (unpaired) electrons. The zero-order chi connectivity index (χ0) is 11.9. The number of anilines is 1. The summed E-state index contributed by atoms with van der Waals surface area (Å²) in [6, 6.07) is 2.78. The Bertz CT molecular complexity index is 429. The van der Waals surface area contributed by atoms with Crippen molar-refractivity contribution in [2.45, 2.75) is 18.5 Å². The van der Waals surface area contributed by atoms with Crippen molar-refractivity contribution in [3.63, 3.8) is 0 Å². The van der Waals surface area contributed by atoms with E-state index in [0.29, 0.717) is 5.69 Å². The van der Waals surface area contributed by atoms with E-state index in [1.54, 1.807) is 0 Å². The monoisotopic (exact) mass is 261 g/mol. The van der Waals surface area contributed by atoms with Gasteiger partial charge in [0.15, 0.2) is 0 Å². The summed E-state index contributed by atoms with van der Waals surface area (Å²) in [5.74, 6) is 0. The molecule has 0 saturated heterocycles. The molecule has 86 valence electrons. The van der Waals surface area contributed by atoms with E-state index < -0.39 is 4.92 Å². The Labute approximate surface area is 102 Å². The number of hydrogen-bond donors (Lipinski definition) is 2. The predicted molar refractivity (Wildman–Crippen MR) is 63.1 cm³/mol. The molecule has 2 atom stereocenters. The van der Waals surface area contributed by atoms with Gasteiger partial charge in [-0.2, -0.15) is 0 Å². The Morgan fingerprint density at radius 2 is 1.94 bits per heavy atom. The number of hydrogen-bond acceptors (Lipinski definition) is 4. The Hall–Kier alpha value is -1.04. The zero-order valence-corrected chi connectivity index (χ0v) is 9.63. The van der Waals surface area contributed by atoms with E-state index in [2.05, 4.69) is 5.32 Å². The number of nitrogens with zero attached hydrogens (tertiary/aromatic N) is 1. The smallest absolute Gasteiger partial charge is 0.272 e. The molecule has 1 aromatic rings. The molecule has 1 aliphatic carbocycles. The molecule has 0 bridgehead atoms. The first-order valence-corrected chi connectivity index (χ1v) is 5.40. The van der Waals surface area contributed by atoms with Gasteiger partial charge in [-0.1, -0.05) is 23.2 Å². The fraction of sp³-hybridized carbons (Fsp3) is 0.333. The van der Waals surface area contributed by atoms with Crippen LogP contribution in [0.4, 0.5) is 11.4 Å². The van der Waals surface area contributed by atoms with Crippen molar-refractivity contribution in [1.82, 2.24) is 0 Å². The molecule has 2 rings (SSSR count). The summed E-state index contributed by atoms with van der Waals surface area (Å²) >= 11 is 11.8. The van der Waals surface area contributed by atoms with Crippen molar-refractivity contribution < 1.29 is 4.92 Å². The summed E-state index contributed by atoms with van der Waals surface area (Å²) in [5, 5.41) is 14.1. The second kappa shape index (κ2) is 4.08. The highest BCUT2D eigenvalue weighted by Gasteiger charge is 2.34. The third kappa shape index (κ3) is 2.21. The molecule has 16 heavy (non-hydrogen) atoms. The molecule has 3 N–H and O–H groups in total. The van der Waals surface area contributed by atoms with Crippen LogP contribution in [0.15, 0.2) is 12.1 Å². The summed E-state index contributed by atoms with van der Waals surface area (Å²) in [7, 11) is 0. The van der Waals surface area contributed by atoms with Crippen molar-refractivity contribution in [3.8, 4) is 0 Å². The lowest BCUT2D eigenvalue weighted by Crippen LogP contribution is -2.13. The van der Waals surface area contributed by atoms with E-state index in [-0.39, 0.29) is 27.8 Å². The molecular formula is C9H9Cl2N3O2. The second-order valence-electron chi connectivity index (χ2n) is 3.69. The van der Waals surface area contributed by atoms with Gasteiger partial charge in [-0.05, 0) is 6.42 Å². The maximum absolute atomic E-state index is 10.6. The van der Waals surface area contributed by atoms with Gasteiger partial charge < -0.3 is 11.1 Å². The standard InChI is InChI=1S/C9H9Cl2N3O2/c10-5-1-4(14(15)16)2-6(11)9(5)13-8-3-7(8)12/h1-2,7-8,13H,3,12H2. The molecule has 0 aromatic heterocycles. The first-order valence-electron chi connectivity index (χ1n) is 4.64. The summed E-state index contributed by atoms with van der Waals surface area (Å²) in [6.45, 7) is 0. The topological polar surface area (TPSA) is 81.2 Å². The van der Waals surface area contributed by atoms with Crippen molar-refractivity contribution in [3.05, 3.63) is 32.3 Å². The number of rotatable bonds is 3. The maximum atomic E-state index is 10.6. The Morgan fingerprint density at radius 3 is 2.31 bits per heavy atom. The maximum Gasteiger partial charge on any atom is 0.272 e. The minimum absolute atomic E-state index is 0.0994. The molecular weight excluding hydrogens is 253 g/mol. The van der Waals surface area contributed by atoms with E-state index in [1.165, 1.54) is 12.1 Å². The van der Waals surface area contributed by atoms with Gasteiger partial charge in [-0.15, -0.1) is 0 Å². The third-order valence-electron chi connectivity index (χ3n) is 2.41. The number of nitro groups is 1. The highest BCUT2D eigenvalue weighted by Crippen LogP contribution is 2.37. The first kappa shape index (κ1) is 11.4. The SMILES string of the molecule is NC1CC1Nc1c(Cl)cc([N+](=O)[O-])cc1Cl. The molecule has 1 fully saturated rings. The molecule has 1 aliphatic rings. The fourth-order valence-corrected chi connectivity index (χ4v) is 1.95. The van der Waals surface area contributed by atoms with Gasteiger partial charge in [-0.3, -0.25) is 10.1 Å². The van der Waals surface area contributed by atoms with Gasteiger partial charge in [-0.25, -0.2) is 0 Å². The number of non-ortho nitro benzene ring substituents is 1. The summed E-state index contributed by atoms with van der Waals surface area (Å²) in [5.41, 5.74) is 6.02. The lowest BCUT2D eigenvalue weighted by Gasteiger charge is -2.09. The molecule has 0 heterocycles. The van der Waals surface area contributed by atoms with E-state index in [9.17, 15) is 10.1 Å². The minimum Gasteiger partial charge on any atom is -0.378 e. The second-order valence-corrected chi connectivity index (χ2v) is 4.51. The minimum atomic E-state index is -0.537. The number of nitro benzene ring substituents is 1. The van der Waals surface area contributed by atoms with E-state index in [1.807, 2.05) is 0 Å². The lowest BCUT2D eigenvalue weighted by molar-refractivity contribution is -0.384. The van der Waals surface area contributed by atoms with Crippen LogP contribution in [0.2, 0.25) is 10.0 Å². The van der Waals surface area contributed by atoms with Crippen LogP contribution < -0.4 is 11.1 Å². The van der Waals surface area contributed by atoms with E-state index in [4.69, 9.17) is 28.9 Å². The van der Waals surface area contributed by atoms with Crippen LogP contribution in [0.3, 0.4) is 0 Å². The van der Waals surface area contributed by atoms with Gasteiger partial charge in [0.25, 0.3) is 5.69 Å². The van der Waals surface area contributed by atoms with Gasteiger partial charge in [0.05, 0.1) is 20.7 Å². The van der Waals surface area contributed by atoms with Crippen LogP contribution in [0.25, 0.3) is 0 Å². The van der Waals surface area contributed by atoms with Crippen molar-refractivity contribution in [2.75, 3.05) is 5.32 Å². The molecule has 2 unspecified atom stereocenters. The highest BCUT2D eigenvalue weighted by atomic mass is 35.5. The molecule has 7 heteroatoms. The molecule has 1 aromatic carbocycles. The van der Waals surface area contributed by atoms with Crippen LogP contribution in [0, 0.1) is 10.1 Å². The van der Waals surface area contributed by atoms with E-state index in [0.717, 1.165) is 6.42 Å².